The van der Waals surface area contributed by atoms with Crippen molar-refractivity contribution >= 4 is 15.9 Å². The van der Waals surface area contributed by atoms with Gasteiger partial charge in [-0.2, -0.15) is 0 Å². The maximum Gasteiger partial charge on any atom is 0.249 e. The molecule has 1 aliphatic rings. The average molecular weight is 324 g/mol. The summed E-state index contributed by atoms with van der Waals surface area (Å²) in [5, 5.41) is 0. The van der Waals surface area contributed by atoms with E-state index in [-0.39, 0.29) is 10.5 Å². The van der Waals surface area contributed by atoms with E-state index in [1.807, 2.05) is 0 Å². The number of rotatable bonds is 5. The third-order valence-corrected chi connectivity index (χ3v) is 6.24. The summed E-state index contributed by atoms with van der Waals surface area (Å²) in [6.45, 7) is 2.27. The fourth-order valence-electron chi connectivity index (χ4n) is 3.04. The first-order valence-corrected chi connectivity index (χ1v) is 9.13. The van der Waals surface area contributed by atoms with Gasteiger partial charge in [-0.25, -0.2) is 12.7 Å². The number of nitrogens with two attached hydrogens (primary N) is 1. The number of carbonyl (C=O) groups is 1. The van der Waals surface area contributed by atoms with Crippen LogP contribution in [0.5, 0.6) is 0 Å². The van der Waals surface area contributed by atoms with Crippen LogP contribution >= 0.6 is 0 Å². The molecule has 0 radical (unpaired) electrons. The summed E-state index contributed by atoms with van der Waals surface area (Å²) in [7, 11) is -1.98. The van der Waals surface area contributed by atoms with Crippen LogP contribution in [0.1, 0.15) is 48.0 Å². The molecule has 0 unspecified atom stereocenters. The highest BCUT2D eigenvalue weighted by Crippen LogP contribution is 2.26. The van der Waals surface area contributed by atoms with Gasteiger partial charge < -0.3 is 5.73 Å². The van der Waals surface area contributed by atoms with Crippen LogP contribution in [0.4, 0.5) is 0 Å². The number of hydrogen-bond donors (Lipinski definition) is 1. The lowest BCUT2D eigenvalue weighted by atomic mass is 9.89. The zero-order valence-electron chi connectivity index (χ0n) is 13.2. The molecular formula is C16H24N2O3S. The first-order valence-electron chi connectivity index (χ1n) is 7.69. The molecule has 0 atom stereocenters. The fourth-order valence-corrected chi connectivity index (χ4v) is 4.31. The molecule has 1 aliphatic carbocycles. The molecule has 1 amide bonds. The molecule has 1 fully saturated rings. The number of carbonyl (C=O) groups excluding carboxylic acids is 1. The zero-order valence-corrected chi connectivity index (χ0v) is 14.0. The lowest BCUT2D eigenvalue weighted by Gasteiger charge is -2.26. The number of hydrogen-bond acceptors (Lipinski definition) is 3. The standard InChI is InChI=1S/C16H24N2O3S/c1-12-8-9-14(10-15(12)16(17)19)22(20,21)18(2)11-13-6-4-3-5-7-13/h8-10,13H,3-7,11H2,1-2H3,(H2,17,19). The Morgan fingerprint density at radius 1 is 1.27 bits per heavy atom. The van der Waals surface area contributed by atoms with E-state index < -0.39 is 15.9 Å². The van der Waals surface area contributed by atoms with Crippen molar-refractivity contribution in [2.45, 2.75) is 43.9 Å². The summed E-state index contributed by atoms with van der Waals surface area (Å²) >= 11 is 0. The maximum atomic E-state index is 12.7. The highest BCUT2D eigenvalue weighted by Gasteiger charge is 2.25. The minimum absolute atomic E-state index is 0.130. The van der Waals surface area contributed by atoms with Crippen LogP contribution in [0.3, 0.4) is 0 Å². The molecular weight excluding hydrogens is 300 g/mol. The third kappa shape index (κ3) is 3.67. The van der Waals surface area contributed by atoms with E-state index in [2.05, 4.69) is 0 Å². The molecule has 0 aliphatic heterocycles. The normalized spacial score (nSPS) is 16.9. The zero-order chi connectivity index (χ0) is 16.3. The Hall–Kier alpha value is -1.40. The first-order chi connectivity index (χ1) is 10.3. The Kier molecular flexibility index (Phi) is 5.24. The summed E-state index contributed by atoms with van der Waals surface area (Å²) in [6.07, 6.45) is 5.76. The molecule has 5 nitrogen and oxygen atoms in total. The number of nitrogens with zero attached hydrogens (tertiary/aromatic N) is 1. The number of aryl methyl sites for hydroxylation is 1. The quantitative estimate of drug-likeness (QED) is 0.902. The molecule has 22 heavy (non-hydrogen) atoms. The Balaban J connectivity index is 2.21. The van der Waals surface area contributed by atoms with Crippen molar-refractivity contribution in [2.75, 3.05) is 13.6 Å². The number of sulfonamides is 1. The molecule has 0 bridgehead atoms. The van der Waals surface area contributed by atoms with Gasteiger partial charge in [0.25, 0.3) is 0 Å². The second-order valence-electron chi connectivity index (χ2n) is 6.13. The maximum absolute atomic E-state index is 12.7. The summed E-state index contributed by atoms with van der Waals surface area (Å²) < 4.78 is 26.7. The predicted octanol–water partition coefficient (Wildman–Crippen LogP) is 2.29. The van der Waals surface area contributed by atoms with E-state index in [0.717, 1.165) is 12.8 Å². The van der Waals surface area contributed by atoms with Gasteiger partial charge in [0, 0.05) is 19.2 Å². The molecule has 122 valence electrons. The highest BCUT2D eigenvalue weighted by atomic mass is 32.2. The van der Waals surface area contributed by atoms with E-state index in [4.69, 9.17) is 5.73 Å². The molecule has 0 spiro atoms. The molecule has 6 heteroatoms. The van der Waals surface area contributed by atoms with Gasteiger partial charge in [-0.05, 0) is 43.4 Å². The first kappa shape index (κ1) is 17.0. The molecule has 0 saturated heterocycles. The van der Waals surface area contributed by atoms with Crippen LogP contribution < -0.4 is 5.73 Å². The molecule has 1 aromatic rings. The summed E-state index contributed by atoms with van der Waals surface area (Å²) in [6, 6.07) is 4.54. The van der Waals surface area contributed by atoms with Gasteiger partial charge in [0.2, 0.25) is 15.9 Å². The van der Waals surface area contributed by atoms with Crippen LogP contribution in [-0.2, 0) is 10.0 Å². The van der Waals surface area contributed by atoms with Gasteiger partial charge in [-0.15, -0.1) is 0 Å². The van der Waals surface area contributed by atoms with E-state index in [0.29, 0.717) is 18.0 Å². The van der Waals surface area contributed by atoms with Crippen molar-refractivity contribution in [3.63, 3.8) is 0 Å². The summed E-state index contributed by atoms with van der Waals surface area (Å²) in [4.78, 5) is 11.5. The Morgan fingerprint density at radius 2 is 1.91 bits per heavy atom. The van der Waals surface area contributed by atoms with Crippen LogP contribution in [0.2, 0.25) is 0 Å². The van der Waals surface area contributed by atoms with Crippen molar-refractivity contribution in [3.05, 3.63) is 29.3 Å². The minimum atomic E-state index is -3.59. The van der Waals surface area contributed by atoms with Crippen molar-refractivity contribution < 1.29 is 13.2 Å². The molecule has 0 aromatic heterocycles. The highest BCUT2D eigenvalue weighted by molar-refractivity contribution is 7.89. The fraction of sp³-hybridized carbons (Fsp3) is 0.562. The van der Waals surface area contributed by atoms with Crippen molar-refractivity contribution in [2.24, 2.45) is 11.7 Å². The van der Waals surface area contributed by atoms with Gasteiger partial charge in [0.1, 0.15) is 0 Å². The third-order valence-electron chi connectivity index (χ3n) is 4.42. The predicted molar refractivity (Wildman–Crippen MR) is 86.1 cm³/mol. The van der Waals surface area contributed by atoms with E-state index in [1.54, 1.807) is 20.0 Å². The van der Waals surface area contributed by atoms with E-state index >= 15 is 0 Å². The lowest BCUT2D eigenvalue weighted by molar-refractivity contribution is 0.0999. The molecule has 1 aromatic carbocycles. The van der Waals surface area contributed by atoms with Crippen LogP contribution in [0, 0.1) is 12.8 Å². The van der Waals surface area contributed by atoms with E-state index in [1.165, 1.54) is 35.7 Å². The van der Waals surface area contributed by atoms with Crippen molar-refractivity contribution in [3.8, 4) is 0 Å². The Morgan fingerprint density at radius 3 is 2.50 bits per heavy atom. The van der Waals surface area contributed by atoms with Crippen LogP contribution in [0.15, 0.2) is 23.1 Å². The average Bonchev–Trinajstić information content (AvgIpc) is 2.48. The summed E-state index contributed by atoms with van der Waals surface area (Å²) in [5.74, 6) is -0.181. The van der Waals surface area contributed by atoms with Crippen molar-refractivity contribution in [1.82, 2.24) is 4.31 Å². The van der Waals surface area contributed by atoms with Gasteiger partial charge in [0.05, 0.1) is 4.90 Å². The smallest absolute Gasteiger partial charge is 0.249 e. The minimum Gasteiger partial charge on any atom is -0.366 e. The van der Waals surface area contributed by atoms with E-state index in [9.17, 15) is 13.2 Å². The Labute approximate surface area is 132 Å². The van der Waals surface area contributed by atoms with Gasteiger partial charge in [-0.3, -0.25) is 4.79 Å². The largest absolute Gasteiger partial charge is 0.366 e. The monoisotopic (exact) mass is 324 g/mol. The molecule has 2 N–H and O–H groups in total. The number of benzene rings is 1. The Bertz CT molecular complexity index is 649. The topological polar surface area (TPSA) is 80.5 Å². The number of amides is 1. The SMILES string of the molecule is Cc1ccc(S(=O)(=O)N(C)CC2CCCCC2)cc1C(N)=O. The van der Waals surface area contributed by atoms with Gasteiger partial charge in [0.15, 0.2) is 0 Å². The summed E-state index contributed by atoms with van der Waals surface area (Å²) in [5.41, 5.74) is 6.24. The van der Waals surface area contributed by atoms with Crippen LogP contribution in [0.25, 0.3) is 0 Å². The molecule has 2 rings (SSSR count). The van der Waals surface area contributed by atoms with Gasteiger partial charge >= 0.3 is 0 Å². The van der Waals surface area contributed by atoms with Crippen molar-refractivity contribution in [1.29, 1.82) is 0 Å². The molecule has 0 heterocycles. The van der Waals surface area contributed by atoms with Gasteiger partial charge in [-0.1, -0.05) is 25.3 Å². The number of primary amides is 1. The second-order valence-corrected chi connectivity index (χ2v) is 8.18. The lowest BCUT2D eigenvalue weighted by Crippen LogP contribution is -2.33. The van der Waals surface area contributed by atoms with Crippen LogP contribution in [-0.4, -0.2) is 32.2 Å². The molecule has 1 saturated carbocycles. The second kappa shape index (κ2) is 6.79.